The highest BCUT2D eigenvalue weighted by molar-refractivity contribution is 5.86. The molecule has 0 unspecified atom stereocenters. The predicted molar refractivity (Wildman–Crippen MR) is 95.7 cm³/mol. The fraction of sp³-hybridized carbons (Fsp3) is 0.190. The van der Waals surface area contributed by atoms with Crippen molar-refractivity contribution in [1.29, 1.82) is 0 Å². The van der Waals surface area contributed by atoms with Crippen LogP contribution in [-0.4, -0.2) is 16.2 Å². The Morgan fingerprint density at radius 3 is 1.96 bits per heavy atom. The second-order valence-electron chi connectivity index (χ2n) is 6.03. The number of carbonyl (C=O) groups is 1. The molecule has 3 heteroatoms. The van der Waals surface area contributed by atoms with Crippen molar-refractivity contribution in [3.63, 3.8) is 0 Å². The SMILES string of the molecule is O=C(O)/C=C/c1ccc(C(=C2CCCC2)c2ccc(O)cc2)cc1. The van der Waals surface area contributed by atoms with Crippen LogP contribution in [0, 0.1) is 0 Å². The maximum Gasteiger partial charge on any atom is 0.328 e. The molecule has 24 heavy (non-hydrogen) atoms. The monoisotopic (exact) mass is 320 g/mol. The molecule has 0 aromatic heterocycles. The molecule has 0 bridgehead atoms. The number of rotatable bonds is 4. The van der Waals surface area contributed by atoms with E-state index in [1.54, 1.807) is 18.2 Å². The van der Waals surface area contributed by atoms with Gasteiger partial charge in [-0.05, 0) is 66.2 Å². The van der Waals surface area contributed by atoms with Crippen LogP contribution in [0.25, 0.3) is 11.6 Å². The Kier molecular flexibility index (Phi) is 4.80. The summed E-state index contributed by atoms with van der Waals surface area (Å²) in [6.07, 6.45) is 7.39. The highest BCUT2D eigenvalue weighted by atomic mass is 16.4. The summed E-state index contributed by atoms with van der Waals surface area (Å²) in [6.45, 7) is 0. The summed E-state index contributed by atoms with van der Waals surface area (Å²) in [7, 11) is 0. The van der Waals surface area contributed by atoms with E-state index in [-0.39, 0.29) is 5.75 Å². The molecule has 0 amide bonds. The number of aliphatic carboxylic acids is 1. The third kappa shape index (κ3) is 3.74. The number of hydrogen-bond donors (Lipinski definition) is 2. The van der Waals surface area contributed by atoms with E-state index in [1.165, 1.54) is 24.0 Å². The van der Waals surface area contributed by atoms with E-state index < -0.39 is 5.97 Å². The van der Waals surface area contributed by atoms with E-state index in [2.05, 4.69) is 0 Å². The third-order valence-corrected chi connectivity index (χ3v) is 4.33. The lowest BCUT2D eigenvalue weighted by Crippen LogP contribution is -1.93. The van der Waals surface area contributed by atoms with Crippen molar-refractivity contribution >= 4 is 17.6 Å². The Morgan fingerprint density at radius 1 is 0.875 bits per heavy atom. The van der Waals surface area contributed by atoms with Gasteiger partial charge < -0.3 is 10.2 Å². The van der Waals surface area contributed by atoms with E-state index in [0.717, 1.165) is 35.6 Å². The van der Waals surface area contributed by atoms with Gasteiger partial charge in [0, 0.05) is 6.08 Å². The average molecular weight is 320 g/mol. The van der Waals surface area contributed by atoms with Gasteiger partial charge in [0.15, 0.2) is 0 Å². The lowest BCUT2D eigenvalue weighted by Gasteiger charge is -2.13. The summed E-state index contributed by atoms with van der Waals surface area (Å²) < 4.78 is 0. The first-order chi connectivity index (χ1) is 11.6. The molecule has 3 nitrogen and oxygen atoms in total. The standard InChI is InChI=1S/C21H20O3/c22-19-12-10-18(11-13-19)21(16-3-1-2-4-16)17-8-5-15(6-9-17)7-14-20(23)24/h5-14,22H,1-4H2,(H,23,24)/b14-7+. The van der Waals surface area contributed by atoms with Crippen LogP contribution in [-0.2, 0) is 4.79 Å². The number of aromatic hydroxyl groups is 1. The summed E-state index contributed by atoms with van der Waals surface area (Å²) in [5, 5.41) is 18.3. The first kappa shape index (κ1) is 16.1. The second-order valence-corrected chi connectivity index (χ2v) is 6.03. The smallest absolute Gasteiger partial charge is 0.328 e. The van der Waals surface area contributed by atoms with Crippen LogP contribution in [0.15, 0.2) is 60.2 Å². The largest absolute Gasteiger partial charge is 0.508 e. The maximum absolute atomic E-state index is 10.6. The van der Waals surface area contributed by atoms with Crippen LogP contribution >= 0.6 is 0 Å². The fourth-order valence-corrected chi connectivity index (χ4v) is 3.18. The minimum absolute atomic E-state index is 0.267. The van der Waals surface area contributed by atoms with Gasteiger partial charge >= 0.3 is 5.97 Å². The van der Waals surface area contributed by atoms with Crippen LogP contribution in [0.5, 0.6) is 5.75 Å². The Hall–Kier alpha value is -2.81. The molecule has 3 rings (SSSR count). The van der Waals surface area contributed by atoms with E-state index in [0.29, 0.717) is 0 Å². The van der Waals surface area contributed by atoms with Gasteiger partial charge in [-0.25, -0.2) is 4.79 Å². The topological polar surface area (TPSA) is 57.5 Å². The highest BCUT2D eigenvalue weighted by Crippen LogP contribution is 2.36. The number of benzene rings is 2. The Morgan fingerprint density at radius 2 is 1.42 bits per heavy atom. The molecule has 2 aromatic rings. The van der Waals surface area contributed by atoms with Crippen LogP contribution in [0.3, 0.4) is 0 Å². The van der Waals surface area contributed by atoms with E-state index in [1.807, 2.05) is 36.4 Å². The molecule has 0 heterocycles. The maximum atomic E-state index is 10.6. The van der Waals surface area contributed by atoms with E-state index in [9.17, 15) is 9.90 Å². The van der Waals surface area contributed by atoms with Gasteiger partial charge in [0.05, 0.1) is 0 Å². The van der Waals surface area contributed by atoms with Gasteiger partial charge in [-0.1, -0.05) is 42.0 Å². The zero-order chi connectivity index (χ0) is 16.9. The molecular weight excluding hydrogens is 300 g/mol. The summed E-state index contributed by atoms with van der Waals surface area (Å²) in [6, 6.07) is 15.3. The van der Waals surface area contributed by atoms with Gasteiger partial charge in [-0.2, -0.15) is 0 Å². The lowest BCUT2D eigenvalue weighted by molar-refractivity contribution is -0.131. The van der Waals surface area contributed by atoms with Gasteiger partial charge in [0.25, 0.3) is 0 Å². The van der Waals surface area contributed by atoms with Gasteiger partial charge in [-0.3, -0.25) is 0 Å². The van der Waals surface area contributed by atoms with Crippen LogP contribution in [0.2, 0.25) is 0 Å². The first-order valence-corrected chi connectivity index (χ1v) is 8.16. The van der Waals surface area contributed by atoms with Crippen molar-refractivity contribution in [2.24, 2.45) is 0 Å². The number of carboxylic acid groups (broad SMARTS) is 1. The molecule has 2 aromatic carbocycles. The van der Waals surface area contributed by atoms with E-state index >= 15 is 0 Å². The predicted octanol–water partition coefficient (Wildman–Crippen LogP) is 4.87. The molecular formula is C21H20O3. The van der Waals surface area contributed by atoms with Gasteiger partial charge in [0.1, 0.15) is 5.75 Å². The Bertz CT molecular complexity index is 773. The molecule has 0 saturated heterocycles. The molecule has 122 valence electrons. The minimum atomic E-state index is -0.947. The highest BCUT2D eigenvalue weighted by Gasteiger charge is 2.16. The quantitative estimate of drug-likeness (QED) is 0.790. The molecule has 2 N–H and O–H groups in total. The summed E-state index contributed by atoms with van der Waals surface area (Å²) >= 11 is 0. The molecule has 0 radical (unpaired) electrons. The summed E-state index contributed by atoms with van der Waals surface area (Å²) in [5.74, 6) is -0.680. The molecule has 1 fully saturated rings. The normalized spacial score (nSPS) is 14.2. The zero-order valence-corrected chi connectivity index (χ0v) is 13.4. The number of phenolic OH excluding ortho intramolecular Hbond substituents is 1. The fourth-order valence-electron chi connectivity index (χ4n) is 3.18. The van der Waals surface area contributed by atoms with Crippen LogP contribution < -0.4 is 0 Å². The summed E-state index contributed by atoms with van der Waals surface area (Å²) in [4.78, 5) is 10.6. The van der Waals surface area contributed by atoms with Crippen molar-refractivity contribution in [2.45, 2.75) is 25.7 Å². The molecule has 1 aliphatic carbocycles. The van der Waals surface area contributed by atoms with Crippen molar-refractivity contribution in [3.05, 3.63) is 76.9 Å². The molecule has 1 aliphatic rings. The van der Waals surface area contributed by atoms with Gasteiger partial charge in [-0.15, -0.1) is 0 Å². The third-order valence-electron chi connectivity index (χ3n) is 4.33. The Labute approximate surface area is 141 Å². The molecule has 0 aliphatic heterocycles. The number of phenols is 1. The van der Waals surface area contributed by atoms with Crippen molar-refractivity contribution in [2.75, 3.05) is 0 Å². The van der Waals surface area contributed by atoms with Gasteiger partial charge in [0.2, 0.25) is 0 Å². The van der Waals surface area contributed by atoms with Crippen molar-refractivity contribution < 1.29 is 15.0 Å². The minimum Gasteiger partial charge on any atom is -0.508 e. The first-order valence-electron chi connectivity index (χ1n) is 8.16. The lowest BCUT2D eigenvalue weighted by atomic mass is 9.91. The Balaban J connectivity index is 1.99. The molecule has 1 saturated carbocycles. The number of allylic oxidation sites excluding steroid dienone is 1. The molecule has 0 atom stereocenters. The summed E-state index contributed by atoms with van der Waals surface area (Å²) in [5.41, 5.74) is 5.79. The number of hydrogen-bond acceptors (Lipinski definition) is 2. The van der Waals surface area contributed by atoms with Crippen LogP contribution in [0.4, 0.5) is 0 Å². The average Bonchev–Trinajstić information content (AvgIpc) is 3.10. The second kappa shape index (κ2) is 7.18. The zero-order valence-electron chi connectivity index (χ0n) is 13.4. The van der Waals surface area contributed by atoms with E-state index in [4.69, 9.17) is 5.11 Å². The molecule has 0 spiro atoms. The van der Waals surface area contributed by atoms with Crippen molar-refractivity contribution in [3.8, 4) is 5.75 Å². The van der Waals surface area contributed by atoms with Crippen molar-refractivity contribution in [1.82, 2.24) is 0 Å². The number of carboxylic acids is 1. The van der Waals surface area contributed by atoms with Crippen LogP contribution in [0.1, 0.15) is 42.4 Å².